The molecular formula is C65H51NO. The fourth-order valence-corrected chi connectivity index (χ4v) is 14.1. The van der Waals surface area contributed by atoms with Gasteiger partial charge in [0.25, 0.3) is 0 Å². The first-order valence-electron chi connectivity index (χ1n) is 24.5. The van der Waals surface area contributed by atoms with Crippen molar-refractivity contribution < 1.29 is 4.42 Å². The maximum atomic E-state index is 6.73. The highest BCUT2D eigenvalue weighted by Gasteiger charge is 2.52. The summed E-state index contributed by atoms with van der Waals surface area (Å²) < 4.78 is 6.73. The minimum absolute atomic E-state index is 0.318. The van der Waals surface area contributed by atoms with Crippen LogP contribution in [0.4, 0.5) is 17.1 Å². The Kier molecular flexibility index (Phi) is 8.72. The van der Waals surface area contributed by atoms with Gasteiger partial charge in [0.05, 0.1) is 16.5 Å². The van der Waals surface area contributed by atoms with Gasteiger partial charge in [-0.05, 0) is 171 Å². The molecular weight excluding hydrogens is 811 g/mol. The molecule has 1 heterocycles. The average Bonchev–Trinajstić information content (AvgIpc) is 3.91. The van der Waals surface area contributed by atoms with Crippen molar-refractivity contribution in [3.8, 4) is 33.4 Å². The smallest absolute Gasteiger partial charge is 0.137 e. The van der Waals surface area contributed by atoms with Crippen molar-refractivity contribution in [3.05, 3.63) is 246 Å². The largest absolute Gasteiger partial charge is 0.456 e. The summed E-state index contributed by atoms with van der Waals surface area (Å²) in [6, 6.07) is 81.5. The second kappa shape index (κ2) is 15.1. The van der Waals surface area contributed by atoms with Crippen molar-refractivity contribution in [2.45, 2.75) is 49.4 Å². The molecule has 1 aromatic heterocycles. The molecule has 0 amide bonds. The number of hydrogen-bond acceptors (Lipinski definition) is 2. The van der Waals surface area contributed by atoms with E-state index in [4.69, 9.17) is 4.42 Å². The fraction of sp³-hybridized carbons (Fsp3) is 0.169. The van der Waals surface area contributed by atoms with Crippen LogP contribution in [0.5, 0.6) is 0 Å². The van der Waals surface area contributed by atoms with E-state index in [1.54, 1.807) is 5.56 Å². The number of fused-ring (bicyclic) bond motifs is 6. The molecule has 0 saturated heterocycles. The molecule has 4 saturated carbocycles. The Balaban J connectivity index is 0.985. The first-order valence-corrected chi connectivity index (χ1v) is 24.5. The van der Waals surface area contributed by atoms with Gasteiger partial charge in [0.1, 0.15) is 11.2 Å². The zero-order chi connectivity index (χ0) is 44.1. The van der Waals surface area contributed by atoms with Gasteiger partial charge in [-0.15, -0.1) is 0 Å². The summed E-state index contributed by atoms with van der Waals surface area (Å²) in [5, 5.41) is 2.24. The molecule has 0 radical (unpaired) electrons. The quantitative estimate of drug-likeness (QED) is 0.151. The molecule has 0 atom stereocenters. The van der Waals surface area contributed by atoms with Gasteiger partial charge in [-0.1, -0.05) is 170 Å². The first kappa shape index (κ1) is 38.8. The number of nitrogens with zero attached hydrogens (tertiary/aromatic N) is 1. The van der Waals surface area contributed by atoms with E-state index in [1.807, 2.05) is 0 Å². The number of anilines is 3. The van der Waals surface area contributed by atoms with E-state index in [0.29, 0.717) is 5.41 Å². The van der Waals surface area contributed by atoms with Gasteiger partial charge in [0.2, 0.25) is 0 Å². The minimum Gasteiger partial charge on any atom is -0.456 e. The molecule has 4 bridgehead atoms. The van der Waals surface area contributed by atoms with Crippen LogP contribution in [-0.4, -0.2) is 0 Å². The molecule has 10 aromatic rings. The molecule has 0 spiro atoms. The van der Waals surface area contributed by atoms with E-state index in [0.717, 1.165) is 56.8 Å². The molecule has 2 nitrogen and oxygen atoms in total. The molecule has 15 rings (SSSR count). The number of hydrogen-bond donors (Lipinski definition) is 0. The first-order chi connectivity index (χ1) is 33.1. The fourth-order valence-electron chi connectivity index (χ4n) is 14.1. The molecule has 0 aliphatic heterocycles. The predicted molar refractivity (Wildman–Crippen MR) is 276 cm³/mol. The van der Waals surface area contributed by atoms with Crippen LogP contribution >= 0.6 is 0 Å². The zero-order valence-electron chi connectivity index (χ0n) is 37.6. The van der Waals surface area contributed by atoms with Crippen molar-refractivity contribution in [3.63, 3.8) is 0 Å². The van der Waals surface area contributed by atoms with Crippen molar-refractivity contribution in [1.82, 2.24) is 0 Å². The molecule has 0 unspecified atom stereocenters. The van der Waals surface area contributed by atoms with Crippen molar-refractivity contribution in [2.75, 3.05) is 4.90 Å². The topological polar surface area (TPSA) is 16.4 Å². The van der Waals surface area contributed by atoms with Gasteiger partial charge in [-0.2, -0.15) is 0 Å². The summed E-state index contributed by atoms with van der Waals surface area (Å²) in [7, 11) is 0. The maximum absolute atomic E-state index is 6.73. The summed E-state index contributed by atoms with van der Waals surface area (Å²) >= 11 is 0. The van der Waals surface area contributed by atoms with Crippen LogP contribution in [0.1, 0.15) is 66.3 Å². The van der Waals surface area contributed by atoms with Crippen LogP contribution in [0.2, 0.25) is 0 Å². The van der Waals surface area contributed by atoms with Crippen LogP contribution in [0, 0.1) is 17.8 Å². The van der Waals surface area contributed by atoms with Crippen molar-refractivity contribution in [2.24, 2.45) is 17.8 Å². The summed E-state index contributed by atoms with van der Waals surface area (Å²) in [5.74, 6) is 2.68. The van der Waals surface area contributed by atoms with Gasteiger partial charge in [0, 0.05) is 16.8 Å². The van der Waals surface area contributed by atoms with Gasteiger partial charge in [0.15, 0.2) is 0 Å². The lowest BCUT2D eigenvalue weighted by Gasteiger charge is -2.57. The molecule has 9 aromatic carbocycles. The third kappa shape index (κ3) is 6.01. The van der Waals surface area contributed by atoms with E-state index in [9.17, 15) is 0 Å². The summed E-state index contributed by atoms with van der Waals surface area (Å²) in [6.07, 6.45) is 8.40. The minimum atomic E-state index is -0.564. The van der Waals surface area contributed by atoms with Crippen LogP contribution in [0.15, 0.2) is 223 Å². The summed E-state index contributed by atoms with van der Waals surface area (Å²) in [5.41, 5.74) is 18.9. The zero-order valence-corrected chi connectivity index (χ0v) is 37.6. The van der Waals surface area contributed by atoms with Crippen molar-refractivity contribution >= 4 is 39.0 Å². The third-order valence-electron chi connectivity index (χ3n) is 16.5. The monoisotopic (exact) mass is 861 g/mol. The number of benzene rings is 9. The highest BCUT2D eigenvalue weighted by Crippen LogP contribution is 2.61. The molecule has 67 heavy (non-hydrogen) atoms. The van der Waals surface area contributed by atoms with Crippen molar-refractivity contribution in [1.29, 1.82) is 0 Å². The highest BCUT2D eigenvalue weighted by molar-refractivity contribution is 6.14. The lowest BCUT2D eigenvalue weighted by Crippen LogP contribution is -2.48. The Hall–Kier alpha value is -7.42. The second-order valence-corrected chi connectivity index (χ2v) is 20.2. The standard InChI is InChI=1S/C65H51NO/c1-3-13-46(14-4-1)48-25-28-51(29-26-48)65(58-21-9-7-19-55(58)56-20-8-10-22-59(56)65)52-17-11-18-54(39-52)66(53-32-30-50(31-33-53)64-40-43-35-44(41-64)37-45(36-43)42-64)60-23-12-24-62-63(60)57-38-49(27-34-61(57)67-62)47-15-5-2-6-16-47/h1-34,38-39,43-45H,35-37,40-42H2. The van der Waals surface area contributed by atoms with Gasteiger partial charge < -0.3 is 9.32 Å². The highest BCUT2D eigenvalue weighted by atomic mass is 16.3. The molecule has 2 heteroatoms. The van der Waals surface area contributed by atoms with Crippen LogP contribution in [0.25, 0.3) is 55.3 Å². The van der Waals surface area contributed by atoms with E-state index >= 15 is 0 Å². The lowest BCUT2D eigenvalue weighted by molar-refractivity contribution is -0.00518. The SMILES string of the molecule is c1ccc(-c2ccc(C3(c4cccc(N(c5ccc(C67CC8CC(CC(C8)C6)C7)cc5)c5cccc6oc7ccc(-c8ccccc8)cc7c56)c4)c4ccccc4-c4ccccc43)cc2)cc1. The summed E-state index contributed by atoms with van der Waals surface area (Å²) in [4.78, 5) is 2.51. The van der Waals surface area contributed by atoms with Crippen LogP contribution < -0.4 is 4.90 Å². The lowest BCUT2D eigenvalue weighted by atomic mass is 9.48. The Bertz CT molecular complexity index is 3410. The van der Waals surface area contributed by atoms with E-state index in [-0.39, 0.29) is 0 Å². The molecule has 0 N–H and O–H groups in total. The Morgan fingerprint density at radius 3 is 1.60 bits per heavy atom. The van der Waals surface area contributed by atoms with Gasteiger partial charge >= 0.3 is 0 Å². The molecule has 4 fully saturated rings. The molecule has 5 aliphatic rings. The predicted octanol–water partition coefficient (Wildman–Crippen LogP) is 17.2. The van der Waals surface area contributed by atoms with Gasteiger partial charge in [-0.25, -0.2) is 0 Å². The Morgan fingerprint density at radius 1 is 0.388 bits per heavy atom. The summed E-state index contributed by atoms with van der Waals surface area (Å²) in [6.45, 7) is 0. The van der Waals surface area contributed by atoms with E-state index < -0.39 is 5.41 Å². The molecule has 322 valence electrons. The Morgan fingerprint density at radius 2 is 0.940 bits per heavy atom. The third-order valence-corrected chi connectivity index (χ3v) is 16.5. The second-order valence-electron chi connectivity index (χ2n) is 20.2. The normalized spacial score (nSPS) is 20.8. The number of rotatable bonds is 8. The Labute approximate surface area is 393 Å². The molecule has 5 aliphatic carbocycles. The average molecular weight is 862 g/mol. The van der Waals surface area contributed by atoms with E-state index in [2.05, 4.69) is 223 Å². The van der Waals surface area contributed by atoms with Gasteiger partial charge in [-0.3, -0.25) is 0 Å². The van der Waals surface area contributed by atoms with Crippen LogP contribution in [-0.2, 0) is 10.8 Å². The van der Waals surface area contributed by atoms with Crippen LogP contribution in [0.3, 0.4) is 0 Å². The van der Waals surface area contributed by atoms with E-state index in [1.165, 1.54) is 94.2 Å². The maximum Gasteiger partial charge on any atom is 0.137 e. The number of furan rings is 1.